The number of hydrogen-bond acceptors (Lipinski definition) is 1. The molecule has 4 heteroatoms. The molecule has 0 saturated heterocycles. The highest BCUT2D eigenvalue weighted by Crippen LogP contribution is 2.43. The Kier molecular flexibility index (Phi) is 5.29. The van der Waals surface area contributed by atoms with E-state index in [0.717, 1.165) is 66.1 Å². The van der Waals surface area contributed by atoms with Crippen molar-refractivity contribution in [1.82, 2.24) is 9.13 Å². The molecule has 0 atom stereocenters. The molecule has 0 fully saturated rings. The first kappa shape index (κ1) is 24.7. The highest BCUT2D eigenvalue weighted by Gasteiger charge is 2.19. The van der Waals surface area contributed by atoms with Crippen molar-refractivity contribution in [2.45, 2.75) is 0 Å². The summed E-state index contributed by atoms with van der Waals surface area (Å²) < 4.78 is 52.9. The fraction of sp³-hybridized carbons (Fsp3) is 0. The normalized spacial score (nSPS) is 13.1. The molecule has 0 spiro atoms. The zero-order valence-electron chi connectivity index (χ0n) is 33.1. The molecule has 3 aromatic heterocycles. The number of hydrogen-bond donors (Lipinski definition) is 0. The number of rotatable bonds is 4. The molecule has 0 aliphatic carbocycles. The molecular formula is C49H29N3O. The van der Waals surface area contributed by atoms with Gasteiger partial charge in [-0.05, 0) is 94.4 Å². The highest BCUT2D eigenvalue weighted by atomic mass is 16.3. The predicted octanol–water partition coefficient (Wildman–Crippen LogP) is 13.7. The molecule has 246 valence electrons. The summed E-state index contributed by atoms with van der Waals surface area (Å²) in [5.74, 6) is 0. The Morgan fingerprint density at radius 3 is 2.00 bits per heavy atom. The lowest BCUT2D eigenvalue weighted by Crippen LogP contribution is -1.93. The Labute approximate surface area is 311 Å². The first-order valence-electron chi connectivity index (χ1n) is 19.9. The Morgan fingerprint density at radius 1 is 0.472 bits per heavy atom. The number of furan rings is 1. The smallest absolute Gasteiger partial charge is 0.197 e. The van der Waals surface area contributed by atoms with Gasteiger partial charge in [-0.3, -0.25) is 0 Å². The van der Waals surface area contributed by atoms with Crippen molar-refractivity contribution in [3.63, 3.8) is 0 Å². The second-order valence-corrected chi connectivity index (χ2v) is 13.2. The van der Waals surface area contributed by atoms with Crippen molar-refractivity contribution >= 4 is 71.2 Å². The van der Waals surface area contributed by atoms with Crippen molar-refractivity contribution in [2.24, 2.45) is 0 Å². The largest absolute Gasteiger partial charge is 0.456 e. The molecule has 0 bridgehead atoms. The third kappa shape index (κ3) is 4.35. The third-order valence-electron chi connectivity index (χ3n) is 10.4. The molecule has 0 aliphatic rings. The quantitative estimate of drug-likeness (QED) is 0.170. The van der Waals surface area contributed by atoms with E-state index in [1.807, 2.05) is 48.5 Å². The van der Waals surface area contributed by atoms with E-state index in [-0.39, 0.29) is 29.7 Å². The van der Waals surface area contributed by atoms with Crippen LogP contribution in [-0.2, 0) is 0 Å². The van der Waals surface area contributed by atoms with Crippen LogP contribution in [0.25, 0.3) is 104 Å². The summed E-state index contributed by atoms with van der Waals surface area (Å²) in [4.78, 5) is 3.96. The van der Waals surface area contributed by atoms with Crippen LogP contribution < -0.4 is 0 Å². The number of aromatic nitrogens is 2. The van der Waals surface area contributed by atoms with Gasteiger partial charge in [0, 0.05) is 49.9 Å². The van der Waals surface area contributed by atoms with E-state index in [1.165, 1.54) is 5.39 Å². The summed E-state index contributed by atoms with van der Waals surface area (Å²) in [5, 5.41) is 5.60. The maximum absolute atomic E-state index is 8.67. The molecule has 0 N–H and O–H groups in total. The summed E-state index contributed by atoms with van der Waals surface area (Å²) in [6.07, 6.45) is 0. The van der Waals surface area contributed by atoms with Crippen LogP contribution >= 0.6 is 0 Å². The minimum Gasteiger partial charge on any atom is -0.456 e. The van der Waals surface area contributed by atoms with Gasteiger partial charge in [0.2, 0.25) is 0 Å². The lowest BCUT2D eigenvalue weighted by atomic mass is 9.99. The van der Waals surface area contributed by atoms with Gasteiger partial charge < -0.3 is 13.6 Å². The SMILES string of the molecule is [2H]c1c([2H])c([2H])c(-c2cccc3oc4cc(-n5c6ccc(-c7ccc8c(c7)c7ccccc7n8-c7ccccc7)cc6c6c([N+]#[C-])cccc65)ccc4c23)c([2H])c1[2H]. The minimum absolute atomic E-state index is 0.134. The van der Waals surface area contributed by atoms with Crippen LogP contribution in [-0.4, -0.2) is 9.13 Å². The number of nitrogens with zero attached hydrogens (tertiary/aromatic N) is 3. The van der Waals surface area contributed by atoms with E-state index < -0.39 is 6.04 Å². The maximum atomic E-state index is 8.67. The zero-order valence-corrected chi connectivity index (χ0v) is 28.1. The molecule has 0 aliphatic heterocycles. The van der Waals surface area contributed by atoms with E-state index >= 15 is 0 Å². The minimum atomic E-state index is -0.430. The molecule has 11 rings (SSSR count). The Bertz CT molecular complexity index is 3560. The van der Waals surface area contributed by atoms with Crippen LogP contribution in [0.3, 0.4) is 0 Å². The Hall–Kier alpha value is -7.35. The summed E-state index contributed by atoms with van der Waals surface area (Å²) in [6, 6.07) is 47.4. The van der Waals surface area contributed by atoms with Crippen LogP contribution in [0.1, 0.15) is 6.85 Å². The second-order valence-electron chi connectivity index (χ2n) is 13.2. The molecule has 8 aromatic carbocycles. The maximum Gasteiger partial charge on any atom is 0.197 e. The van der Waals surface area contributed by atoms with E-state index in [0.29, 0.717) is 27.8 Å². The monoisotopic (exact) mass is 680 g/mol. The van der Waals surface area contributed by atoms with Crippen LogP contribution in [0.4, 0.5) is 5.69 Å². The Balaban J connectivity index is 1.10. The predicted molar refractivity (Wildman–Crippen MR) is 220 cm³/mol. The van der Waals surface area contributed by atoms with Crippen molar-refractivity contribution in [1.29, 1.82) is 0 Å². The zero-order chi connectivity index (χ0) is 39.4. The summed E-state index contributed by atoms with van der Waals surface area (Å²) in [6.45, 7) is 8.14. The summed E-state index contributed by atoms with van der Waals surface area (Å²) in [5.41, 5.74) is 10.5. The lowest BCUT2D eigenvalue weighted by Gasteiger charge is -2.10. The first-order chi connectivity index (χ1) is 28.3. The van der Waals surface area contributed by atoms with Crippen molar-refractivity contribution in [2.75, 3.05) is 0 Å². The number of benzene rings is 8. The molecule has 0 unspecified atom stereocenters. The lowest BCUT2D eigenvalue weighted by molar-refractivity contribution is 0.668. The van der Waals surface area contributed by atoms with Crippen molar-refractivity contribution in [3.8, 4) is 33.6 Å². The van der Waals surface area contributed by atoms with Gasteiger partial charge in [0.1, 0.15) is 11.2 Å². The first-order valence-corrected chi connectivity index (χ1v) is 17.4. The molecule has 11 aromatic rings. The average Bonchev–Trinajstić information content (AvgIpc) is 3.92. The van der Waals surface area contributed by atoms with Gasteiger partial charge in [0.05, 0.1) is 30.0 Å². The standard InChI is InChI=1S/C49H29N3O/c1-50-41-18-11-20-45-49(41)40-29-33(32-22-26-43-39(28-32)37-16-8-9-19-42(37)51(43)34-14-6-3-7-15-34)23-27-44(40)52(45)35-24-25-38-47(30-35)53-46-21-10-17-36(48(38)46)31-12-4-2-5-13-31/h2-30H/i2D,4D,5D,12D,13D. The van der Waals surface area contributed by atoms with E-state index in [9.17, 15) is 0 Å². The van der Waals surface area contributed by atoms with Gasteiger partial charge in [-0.15, -0.1) is 0 Å². The van der Waals surface area contributed by atoms with Gasteiger partial charge >= 0.3 is 0 Å². The van der Waals surface area contributed by atoms with Crippen LogP contribution in [0, 0.1) is 6.57 Å². The van der Waals surface area contributed by atoms with Crippen LogP contribution in [0.15, 0.2) is 180 Å². The van der Waals surface area contributed by atoms with E-state index in [2.05, 4.69) is 98.9 Å². The van der Waals surface area contributed by atoms with Gasteiger partial charge in [-0.2, -0.15) is 0 Å². The van der Waals surface area contributed by atoms with Gasteiger partial charge in [-0.1, -0.05) is 103 Å². The van der Waals surface area contributed by atoms with E-state index in [1.54, 1.807) is 12.1 Å². The van der Waals surface area contributed by atoms with E-state index in [4.69, 9.17) is 17.8 Å². The van der Waals surface area contributed by atoms with Crippen LogP contribution in [0.5, 0.6) is 0 Å². The third-order valence-corrected chi connectivity index (χ3v) is 10.4. The van der Waals surface area contributed by atoms with Crippen LogP contribution in [0.2, 0.25) is 0 Å². The number of para-hydroxylation sites is 2. The Morgan fingerprint density at radius 2 is 1.17 bits per heavy atom. The average molecular weight is 681 g/mol. The topological polar surface area (TPSA) is 27.4 Å². The molecule has 0 radical (unpaired) electrons. The fourth-order valence-electron chi connectivity index (χ4n) is 8.16. The molecule has 0 amide bonds. The van der Waals surface area contributed by atoms with Crippen molar-refractivity contribution in [3.05, 3.63) is 187 Å². The van der Waals surface area contributed by atoms with Gasteiger partial charge in [0.25, 0.3) is 0 Å². The molecular weight excluding hydrogens is 647 g/mol. The molecule has 4 nitrogen and oxygen atoms in total. The van der Waals surface area contributed by atoms with Gasteiger partial charge in [-0.25, -0.2) is 4.85 Å². The molecule has 0 saturated carbocycles. The van der Waals surface area contributed by atoms with Crippen molar-refractivity contribution < 1.29 is 11.3 Å². The molecule has 53 heavy (non-hydrogen) atoms. The summed E-state index contributed by atoms with van der Waals surface area (Å²) >= 11 is 0. The highest BCUT2D eigenvalue weighted by molar-refractivity contribution is 6.17. The fourth-order valence-corrected chi connectivity index (χ4v) is 8.16. The molecule has 3 heterocycles. The number of fused-ring (bicyclic) bond motifs is 9. The summed E-state index contributed by atoms with van der Waals surface area (Å²) in [7, 11) is 0. The second kappa shape index (κ2) is 11.3. The van der Waals surface area contributed by atoms with Gasteiger partial charge in [0.15, 0.2) is 5.69 Å².